The fraction of sp³-hybridized carbons (Fsp3) is 0.478. The van der Waals surface area contributed by atoms with Crippen LogP contribution in [0.5, 0.6) is 0 Å². The first-order chi connectivity index (χ1) is 15.7. The van der Waals surface area contributed by atoms with E-state index >= 15 is 0 Å². The number of aromatic nitrogens is 3. The smallest absolute Gasteiger partial charge is 0.287 e. The first kappa shape index (κ1) is 21.8. The van der Waals surface area contributed by atoms with Gasteiger partial charge in [-0.2, -0.15) is 5.10 Å². The van der Waals surface area contributed by atoms with Crippen molar-refractivity contribution in [2.75, 3.05) is 38.2 Å². The van der Waals surface area contributed by atoms with Crippen molar-refractivity contribution < 1.29 is 4.74 Å². The van der Waals surface area contributed by atoms with Gasteiger partial charge in [0, 0.05) is 48.2 Å². The zero-order valence-corrected chi connectivity index (χ0v) is 19.5. The Morgan fingerprint density at radius 1 is 1.25 bits per heavy atom. The summed E-state index contributed by atoms with van der Waals surface area (Å²) in [5, 5.41) is 9.21. The van der Waals surface area contributed by atoms with Gasteiger partial charge in [-0.1, -0.05) is 11.6 Å². The Bertz CT molecular complexity index is 1120. The molecule has 2 fully saturated rings. The molecule has 2 saturated heterocycles. The quantitative estimate of drug-likeness (QED) is 0.511. The highest BCUT2D eigenvalue weighted by molar-refractivity contribution is 7.97. The van der Waals surface area contributed by atoms with E-state index in [4.69, 9.17) is 16.3 Å². The van der Waals surface area contributed by atoms with Gasteiger partial charge in [-0.15, -0.1) is 0 Å². The van der Waals surface area contributed by atoms with Crippen molar-refractivity contribution in [2.24, 2.45) is 5.92 Å². The molecule has 2 N–H and O–H groups in total. The number of nitrogens with one attached hydrogen (secondary N) is 2. The molecular weight excluding hydrogens is 446 g/mol. The molecular formula is C23H28ClN5O2S. The minimum atomic E-state index is -0.208. The van der Waals surface area contributed by atoms with Crippen molar-refractivity contribution >= 4 is 40.1 Å². The van der Waals surface area contributed by atoms with Crippen LogP contribution in [0, 0.1) is 5.92 Å². The first-order valence-electron chi connectivity index (χ1n) is 11.3. The van der Waals surface area contributed by atoms with Crippen LogP contribution in [0.15, 0.2) is 46.3 Å². The number of H-pyrrole nitrogens is 1. The molecule has 170 valence electrons. The Balaban J connectivity index is 1.18. The van der Waals surface area contributed by atoms with E-state index < -0.39 is 0 Å². The molecule has 3 aromatic rings. The molecule has 2 aromatic heterocycles. The number of hydrogen-bond acceptors (Lipinski definition) is 6. The number of nitrogens with zero attached hydrogens (tertiary/aromatic N) is 3. The van der Waals surface area contributed by atoms with Gasteiger partial charge in [0.25, 0.3) is 5.56 Å². The third-order valence-corrected chi connectivity index (χ3v) is 7.76. The van der Waals surface area contributed by atoms with Gasteiger partial charge in [-0.25, -0.2) is 8.99 Å². The second-order valence-corrected chi connectivity index (χ2v) is 10.1. The van der Waals surface area contributed by atoms with Gasteiger partial charge in [0.1, 0.15) is 5.02 Å². The maximum absolute atomic E-state index is 12.9. The van der Waals surface area contributed by atoms with E-state index in [1.54, 1.807) is 22.8 Å². The fourth-order valence-electron chi connectivity index (χ4n) is 4.47. The number of aromatic amines is 1. The number of benzene rings is 1. The Labute approximate surface area is 196 Å². The lowest BCUT2D eigenvalue weighted by Crippen LogP contribution is -2.36. The van der Waals surface area contributed by atoms with Crippen molar-refractivity contribution in [1.82, 2.24) is 19.1 Å². The van der Waals surface area contributed by atoms with Crippen molar-refractivity contribution in [2.45, 2.75) is 36.6 Å². The number of halogens is 1. The molecule has 2 aliphatic rings. The van der Waals surface area contributed by atoms with E-state index in [9.17, 15) is 4.79 Å². The number of anilines is 1. The lowest BCUT2D eigenvalue weighted by molar-refractivity contribution is 0.0595. The number of fused-ring (bicyclic) bond motifs is 1. The minimum absolute atomic E-state index is 0.0739. The summed E-state index contributed by atoms with van der Waals surface area (Å²) in [5.74, 6) is 0.446. The number of piperidine rings is 1. The SMILES string of the molecule is O=c1c(Cl)c(NCC2CCCOC2)cnn1C1CCN(Sc2ccc3[nH]ccc3c2)CC1. The van der Waals surface area contributed by atoms with Gasteiger partial charge in [0.15, 0.2) is 0 Å². The van der Waals surface area contributed by atoms with Gasteiger partial charge >= 0.3 is 0 Å². The molecule has 0 saturated carbocycles. The Morgan fingerprint density at radius 3 is 2.94 bits per heavy atom. The van der Waals surface area contributed by atoms with Crippen molar-refractivity contribution in [1.29, 1.82) is 0 Å². The predicted molar refractivity (Wildman–Crippen MR) is 130 cm³/mol. The molecule has 0 spiro atoms. The van der Waals surface area contributed by atoms with Crippen LogP contribution in [-0.2, 0) is 4.74 Å². The third-order valence-electron chi connectivity index (χ3n) is 6.31. The first-order valence-corrected chi connectivity index (χ1v) is 12.4. The highest BCUT2D eigenvalue weighted by Gasteiger charge is 2.24. The zero-order chi connectivity index (χ0) is 21.9. The molecule has 4 heterocycles. The summed E-state index contributed by atoms with van der Waals surface area (Å²) in [6.07, 6.45) is 7.61. The molecule has 0 amide bonds. The molecule has 9 heteroatoms. The lowest BCUT2D eigenvalue weighted by atomic mass is 10.0. The normalized spacial score (nSPS) is 20.6. The summed E-state index contributed by atoms with van der Waals surface area (Å²) in [5.41, 5.74) is 1.56. The van der Waals surface area contributed by atoms with Crippen LogP contribution >= 0.6 is 23.5 Å². The monoisotopic (exact) mass is 473 g/mol. The van der Waals surface area contributed by atoms with E-state index in [1.165, 1.54) is 10.3 Å². The van der Waals surface area contributed by atoms with Crippen LogP contribution in [0.3, 0.4) is 0 Å². The summed E-state index contributed by atoms with van der Waals surface area (Å²) < 4.78 is 9.46. The molecule has 1 atom stereocenters. The molecule has 7 nitrogen and oxygen atoms in total. The van der Waals surface area contributed by atoms with Crippen LogP contribution in [0.25, 0.3) is 10.9 Å². The maximum atomic E-state index is 12.9. The highest BCUT2D eigenvalue weighted by atomic mass is 35.5. The van der Waals surface area contributed by atoms with Gasteiger partial charge in [-0.05, 0) is 67.8 Å². The van der Waals surface area contributed by atoms with Gasteiger partial charge in [0.2, 0.25) is 0 Å². The number of hydrogen-bond donors (Lipinski definition) is 2. The molecule has 5 rings (SSSR count). The second kappa shape index (κ2) is 9.87. The van der Waals surface area contributed by atoms with E-state index in [0.29, 0.717) is 11.6 Å². The average Bonchev–Trinajstić information content (AvgIpc) is 3.29. The van der Waals surface area contributed by atoms with Crippen LogP contribution in [0.4, 0.5) is 5.69 Å². The lowest BCUT2D eigenvalue weighted by Gasteiger charge is -2.31. The van der Waals surface area contributed by atoms with Gasteiger partial charge < -0.3 is 15.0 Å². The van der Waals surface area contributed by atoms with Gasteiger partial charge in [0.05, 0.1) is 24.5 Å². The molecule has 0 bridgehead atoms. The summed E-state index contributed by atoms with van der Waals surface area (Å²) in [6.45, 7) is 4.13. The number of ether oxygens (including phenoxy) is 1. The summed E-state index contributed by atoms with van der Waals surface area (Å²) in [6, 6.07) is 8.64. The fourth-order valence-corrected chi connectivity index (χ4v) is 5.67. The van der Waals surface area contributed by atoms with Crippen LogP contribution < -0.4 is 10.9 Å². The molecule has 0 aliphatic carbocycles. The average molecular weight is 474 g/mol. The van der Waals surface area contributed by atoms with Gasteiger partial charge in [-0.3, -0.25) is 4.79 Å². The summed E-state index contributed by atoms with van der Waals surface area (Å²) >= 11 is 8.20. The summed E-state index contributed by atoms with van der Waals surface area (Å²) in [4.78, 5) is 17.4. The summed E-state index contributed by atoms with van der Waals surface area (Å²) in [7, 11) is 0. The molecule has 32 heavy (non-hydrogen) atoms. The second-order valence-electron chi connectivity index (χ2n) is 8.56. The Hall–Kier alpha value is -2.00. The largest absolute Gasteiger partial charge is 0.382 e. The molecule has 2 aliphatic heterocycles. The van der Waals surface area contributed by atoms with E-state index in [1.807, 2.05) is 6.20 Å². The van der Waals surface area contributed by atoms with Crippen LogP contribution in [-0.4, -0.2) is 51.9 Å². The molecule has 1 unspecified atom stereocenters. The van der Waals surface area contributed by atoms with E-state index in [2.05, 4.69) is 44.0 Å². The Kier molecular flexibility index (Phi) is 6.73. The Morgan fingerprint density at radius 2 is 2.12 bits per heavy atom. The highest BCUT2D eigenvalue weighted by Crippen LogP contribution is 2.31. The van der Waals surface area contributed by atoms with E-state index in [0.717, 1.165) is 64.0 Å². The van der Waals surface area contributed by atoms with Crippen LogP contribution in [0.1, 0.15) is 31.7 Å². The maximum Gasteiger partial charge on any atom is 0.287 e. The van der Waals surface area contributed by atoms with Crippen molar-refractivity contribution in [3.05, 3.63) is 52.0 Å². The third kappa shape index (κ3) is 4.83. The van der Waals surface area contributed by atoms with Crippen molar-refractivity contribution in [3.8, 4) is 0 Å². The van der Waals surface area contributed by atoms with E-state index in [-0.39, 0.29) is 16.6 Å². The van der Waals surface area contributed by atoms with Crippen LogP contribution in [0.2, 0.25) is 5.02 Å². The molecule has 0 radical (unpaired) electrons. The topological polar surface area (TPSA) is 75.2 Å². The predicted octanol–water partition coefficient (Wildman–Crippen LogP) is 4.56. The molecule has 1 aromatic carbocycles. The van der Waals surface area contributed by atoms with Crippen molar-refractivity contribution in [3.63, 3.8) is 0 Å². The minimum Gasteiger partial charge on any atom is -0.382 e. The number of rotatable bonds is 6. The zero-order valence-electron chi connectivity index (χ0n) is 17.9. The standard InChI is InChI=1S/C23H28ClN5O2S/c24-22-21(26-13-16-2-1-11-31-15-16)14-27-29(23(22)30)18-6-9-28(10-7-18)32-19-3-4-20-17(12-19)5-8-25-20/h3-5,8,12,14,16,18,25-26H,1-2,6-7,9-11,13,15H2.